The molecule has 2 unspecified atom stereocenters. The van der Waals surface area contributed by atoms with Crippen LogP contribution in [0, 0.1) is 5.92 Å². The third-order valence-electron chi connectivity index (χ3n) is 3.36. The average molecular weight is 282 g/mol. The van der Waals surface area contributed by atoms with Gasteiger partial charge in [-0.15, -0.1) is 0 Å². The van der Waals surface area contributed by atoms with Crippen molar-refractivity contribution in [3.63, 3.8) is 0 Å². The highest BCUT2D eigenvalue weighted by Crippen LogP contribution is 2.48. The van der Waals surface area contributed by atoms with E-state index in [4.69, 9.17) is 9.84 Å². The molecule has 2 rings (SSSR count). The standard InChI is InChI=1S/C10H13F3N2O4/c11-10(12,13)9(1-2-9)15-8(18)14-6-4-19-3-5(6)7(16)17/h5-6H,1-4H2,(H,16,17)(H2,14,15,18). The maximum absolute atomic E-state index is 12.6. The third kappa shape index (κ3) is 2.75. The summed E-state index contributed by atoms with van der Waals surface area (Å²) in [5.74, 6) is -2.09. The van der Waals surface area contributed by atoms with Crippen LogP contribution in [-0.4, -0.2) is 48.1 Å². The Morgan fingerprint density at radius 1 is 1.26 bits per heavy atom. The molecule has 0 aromatic heterocycles. The Bertz CT molecular complexity index is 395. The Balaban J connectivity index is 1.90. The zero-order chi connectivity index (χ0) is 14.3. The summed E-state index contributed by atoms with van der Waals surface area (Å²) in [6.07, 6.45) is -4.82. The van der Waals surface area contributed by atoms with Crippen LogP contribution in [0.25, 0.3) is 0 Å². The highest BCUT2D eigenvalue weighted by Gasteiger charge is 2.64. The number of carbonyl (C=O) groups is 2. The lowest BCUT2D eigenvalue weighted by Gasteiger charge is -2.23. The highest BCUT2D eigenvalue weighted by atomic mass is 19.4. The topological polar surface area (TPSA) is 87.7 Å². The van der Waals surface area contributed by atoms with Gasteiger partial charge in [-0.05, 0) is 12.8 Å². The largest absolute Gasteiger partial charge is 0.481 e. The van der Waals surface area contributed by atoms with Crippen molar-refractivity contribution in [1.29, 1.82) is 0 Å². The van der Waals surface area contributed by atoms with Crippen LogP contribution in [0.5, 0.6) is 0 Å². The molecule has 0 radical (unpaired) electrons. The van der Waals surface area contributed by atoms with Crippen molar-refractivity contribution in [2.45, 2.75) is 30.6 Å². The number of carboxylic acid groups (broad SMARTS) is 1. The van der Waals surface area contributed by atoms with E-state index < -0.39 is 35.7 Å². The van der Waals surface area contributed by atoms with Gasteiger partial charge in [-0.2, -0.15) is 13.2 Å². The first-order chi connectivity index (χ1) is 8.75. The Hall–Kier alpha value is -1.51. The molecule has 19 heavy (non-hydrogen) atoms. The predicted molar refractivity (Wildman–Crippen MR) is 55.4 cm³/mol. The molecule has 2 atom stereocenters. The minimum Gasteiger partial charge on any atom is -0.481 e. The number of urea groups is 1. The molecule has 3 N–H and O–H groups in total. The highest BCUT2D eigenvalue weighted by molar-refractivity contribution is 5.78. The molecule has 1 aliphatic carbocycles. The molecule has 2 amide bonds. The summed E-state index contributed by atoms with van der Waals surface area (Å²) in [6, 6.07) is -1.84. The Morgan fingerprint density at radius 2 is 1.89 bits per heavy atom. The van der Waals surface area contributed by atoms with Gasteiger partial charge < -0.3 is 20.5 Å². The van der Waals surface area contributed by atoms with Crippen molar-refractivity contribution in [1.82, 2.24) is 10.6 Å². The molecular weight excluding hydrogens is 269 g/mol. The number of rotatable bonds is 3. The Kier molecular flexibility index (Phi) is 3.33. The van der Waals surface area contributed by atoms with Crippen molar-refractivity contribution in [2.24, 2.45) is 5.92 Å². The molecule has 0 bridgehead atoms. The Morgan fingerprint density at radius 3 is 2.37 bits per heavy atom. The van der Waals surface area contributed by atoms with Crippen molar-refractivity contribution < 1.29 is 32.6 Å². The number of hydrogen-bond acceptors (Lipinski definition) is 3. The van der Waals surface area contributed by atoms with Crippen LogP contribution in [0.2, 0.25) is 0 Å². The van der Waals surface area contributed by atoms with Gasteiger partial charge in [0.05, 0.1) is 19.3 Å². The van der Waals surface area contributed by atoms with Crippen LogP contribution in [0.1, 0.15) is 12.8 Å². The number of alkyl halides is 3. The smallest absolute Gasteiger partial charge is 0.411 e. The van der Waals surface area contributed by atoms with Crippen LogP contribution in [0.3, 0.4) is 0 Å². The third-order valence-corrected chi connectivity index (χ3v) is 3.36. The van der Waals surface area contributed by atoms with E-state index in [-0.39, 0.29) is 26.1 Å². The molecule has 2 fully saturated rings. The predicted octanol–water partition coefficient (Wildman–Crippen LogP) is 0.480. The van der Waals surface area contributed by atoms with E-state index in [1.54, 1.807) is 0 Å². The summed E-state index contributed by atoms with van der Waals surface area (Å²) in [5, 5.41) is 12.9. The normalized spacial score (nSPS) is 28.8. The number of carbonyl (C=O) groups excluding carboxylic acids is 1. The van der Waals surface area contributed by atoms with E-state index in [9.17, 15) is 22.8 Å². The molecule has 9 heteroatoms. The quantitative estimate of drug-likeness (QED) is 0.702. The van der Waals surface area contributed by atoms with Gasteiger partial charge >= 0.3 is 18.2 Å². The fourth-order valence-corrected chi connectivity index (χ4v) is 1.97. The van der Waals surface area contributed by atoms with Gasteiger partial charge in [0.1, 0.15) is 11.5 Å². The van der Waals surface area contributed by atoms with E-state index in [2.05, 4.69) is 5.32 Å². The molecular formula is C10H13F3N2O4. The first-order valence-electron chi connectivity index (χ1n) is 5.71. The summed E-state index contributed by atoms with van der Waals surface area (Å²) in [7, 11) is 0. The molecule has 0 aromatic carbocycles. The molecule has 6 nitrogen and oxygen atoms in total. The van der Waals surface area contributed by atoms with Crippen LogP contribution < -0.4 is 10.6 Å². The Labute approximate surface area is 106 Å². The molecule has 1 heterocycles. The van der Waals surface area contributed by atoms with Crippen molar-refractivity contribution >= 4 is 12.0 Å². The summed E-state index contributed by atoms with van der Waals surface area (Å²) in [6.45, 7) is -0.0892. The minimum atomic E-state index is -4.50. The fourth-order valence-electron chi connectivity index (χ4n) is 1.97. The van der Waals surface area contributed by atoms with Gasteiger partial charge in [0.2, 0.25) is 0 Å². The lowest BCUT2D eigenvalue weighted by atomic mass is 10.0. The fraction of sp³-hybridized carbons (Fsp3) is 0.800. The van der Waals surface area contributed by atoms with Crippen molar-refractivity contribution in [3.8, 4) is 0 Å². The van der Waals surface area contributed by atoms with E-state index in [1.807, 2.05) is 5.32 Å². The van der Waals surface area contributed by atoms with Crippen LogP contribution >= 0.6 is 0 Å². The summed E-state index contributed by atoms with van der Waals surface area (Å²) < 4.78 is 42.7. The summed E-state index contributed by atoms with van der Waals surface area (Å²) in [4.78, 5) is 22.3. The van der Waals surface area contributed by atoms with E-state index >= 15 is 0 Å². The number of hydrogen-bond donors (Lipinski definition) is 3. The maximum atomic E-state index is 12.6. The zero-order valence-electron chi connectivity index (χ0n) is 9.79. The van der Waals surface area contributed by atoms with Crippen molar-refractivity contribution in [2.75, 3.05) is 13.2 Å². The van der Waals surface area contributed by atoms with Gasteiger partial charge in [-0.25, -0.2) is 4.79 Å². The zero-order valence-corrected chi connectivity index (χ0v) is 9.79. The molecule has 2 aliphatic rings. The van der Waals surface area contributed by atoms with E-state index in [1.165, 1.54) is 0 Å². The average Bonchev–Trinajstić information content (AvgIpc) is 2.89. The van der Waals surface area contributed by atoms with Gasteiger partial charge in [0.15, 0.2) is 0 Å². The van der Waals surface area contributed by atoms with E-state index in [0.29, 0.717) is 0 Å². The van der Waals surface area contributed by atoms with Crippen LogP contribution in [0.4, 0.5) is 18.0 Å². The number of halogens is 3. The van der Waals surface area contributed by atoms with Crippen molar-refractivity contribution in [3.05, 3.63) is 0 Å². The molecule has 0 spiro atoms. The van der Waals surface area contributed by atoms with E-state index in [0.717, 1.165) is 0 Å². The SMILES string of the molecule is O=C(NC1COCC1C(=O)O)NC1(C(F)(F)F)CC1. The lowest BCUT2D eigenvalue weighted by Crippen LogP contribution is -2.55. The minimum absolute atomic E-state index is 0.0244. The second-order valence-electron chi connectivity index (χ2n) is 4.77. The molecule has 0 aromatic rings. The number of amides is 2. The van der Waals surface area contributed by atoms with Gasteiger partial charge in [-0.1, -0.05) is 0 Å². The van der Waals surface area contributed by atoms with Crippen LogP contribution in [0.15, 0.2) is 0 Å². The molecule has 1 aliphatic heterocycles. The summed E-state index contributed by atoms with van der Waals surface area (Å²) in [5.41, 5.74) is -2.16. The second-order valence-corrected chi connectivity index (χ2v) is 4.77. The second kappa shape index (κ2) is 4.55. The maximum Gasteiger partial charge on any atom is 0.411 e. The van der Waals surface area contributed by atoms with Gasteiger partial charge in [-0.3, -0.25) is 4.79 Å². The number of carboxylic acids is 1. The lowest BCUT2D eigenvalue weighted by molar-refractivity contribution is -0.162. The number of ether oxygens (including phenoxy) is 1. The summed E-state index contributed by atoms with van der Waals surface area (Å²) >= 11 is 0. The molecule has 1 saturated carbocycles. The molecule has 1 saturated heterocycles. The molecule has 108 valence electrons. The monoisotopic (exact) mass is 282 g/mol. The van der Waals surface area contributed by atoms with Gasteiger partial charge in [0.25, 0.3) is 0 Å². The number of aliphatic carboxylic acids is 1. The first-order valence-corrected chi connectivity index (χ1v) is 5.71. The number of nitrogens with one attached hydrogen (secondary N) is 2. The van der Waals surface area contributed by atoms with Gasteiger partial charge in [0, 0.05) is 0 Å². The van der Waals surface area contributed by atoms with Crippen LogP contribution in [-0.2, 0) is 9.53 Å². The first kappa shape index (κ1) is 13.9.